The molecule has 0 aromatic rings. The van der Waals surface area contributed by atoms with Crippen LogP contribution in [0.2, 0.25) is 26.2 Å². The van der Waals surface area contributed by atoms with E-state index in [1.54, 1.807) is 0 Å². The Balaban J connectivity index is 0.000000490. The first kappa shape index (κ1) is 29.8. The molecular formula is C22H38Cl2N2Si2Zr. The standard InChI is InChI=1S/2C11H18NSi.2ClH.Zr/c2*1-13(2,11-7-3-4-8-11)12-9-5-6-10-12;;;/h2*3,7H,4-6,9-10H2,1-2H3;2*1H;/q2*-1;;;+2. The summed E-state index contributed by atoms with van der Waals surface area (Å²) >= 11 is 0. The van der Waals surface area contributed by atoms with E-state index in [0.717, 1.165) is 12.8 Å². The van der Waals surface area contributed by atoms with E-state index in [0.29, 0.717) is 0 Å². The SMILES string of the molecule is C[Si](C)(C1=[C-]CC=C1)N1CCCC1.C[Si](C)(C1=[C-]CC=C1)N1CCCC1.Cl.Cl.[Zr+2]. The zero-order valence-corrected chi connectivity index (χ0v) is 24.7. The molecule has 0 bridgehead atoms. The largest absolute Gasteiger partial charge is 2.00 e. The van der Waals surface area contributed by atoms with Crippen molar-refractivity contribution in [3.63, 3.8) is 0 Å². The number of hydrogen-bond acceptors (Lipinski definition) is 2. The van der Waals surface area contributed by atoms with Gasteiger partial charge in [0.05, 0.1) is 0 Å². The van der Waals surface area contributed by atoms with Crippen molar-refractivity contribution >= 4 is 41.3 Å². The number of halogens is 2. The van der Waals surface area contributed by atoms with E-state index in [4.69, 9.17) is 0 Å². The fourth-order valence-electron chi connectivity index (χ4n) is 4.54. The molecule has 162 valence electrons. The average Bonchev–Trinajstić information content (AvgIpc) is 3.47. The summed E-state index contributed by atoms with van der Waals surface area (Å²) < 4.78 is 5.43. The van der Waals surface area contributed by atoms with Crippen LogP contribution in [0.3, 0.4) is 0 Å². The van der Waals surface area contributed by atoms with Gasteiger partial charge in [0.15, 0.2) is 0 Å². The van der Waals surface area contributed by atoms with Gasteiger partial charge in [0.1, 0.15) is 16.5 Å². The summed E-state index contributed by atoms with van der Waals surface area (Å²) in [6, 6.07) is 0. The molecule has 29 heavy (non-hydrogen) atoms. The van der Waals surface area contributed by atoms with Crippen molar-refractivity contribution in [2.45, 2.75) is 64.7 Å². The second-order valence-electron chi connectivity index (χ2n) is 8.90. The summed E-state index contributed by atoms with van der Waals surface area (Å²) in [4.78, 5) is 0. The van der Waals surface area contributed by atoms with Crippen LogP contribution in [0.15, 0.2) is 34.7 Å². The number of rotatable bonds is 4. The van der Waals surface area contributed by atoms with Gasteiger partial charge in [-0.15, -0.1) is 37.7 Å². The van der Waals surface area contributed by atoms with Gasteiger partial charge in [0.2, 0.25) is 0 Å². The smallest absolute Gasteiger partial charge is 0.322 e. The van der Waals surface area contributed by atoms with Crippen molar-refractivity contribution < 1.29 is 26.2 Å². The summed E-state index contributed by atoms with van der Waals surface area (Å²) in [5, 5.41) is 3.05. The molecule has 0 unspecified atom stereocenters. The Morgan fingerprint density at radius 3 is 1.21 bits per heavy atom. The molecule has 2 aliphatic carbocycles. The summed E-state index contributed by atoms with van der Waals surface area (Å²) in [5.74, 6) is 0. The first-order valence-corrected chi connectivity index (χ1v) is 16.4. The molecule has 0 saturated carbocycles. The minimum absolute atomic E-state index is 0. The third kappa shape index (κ3) is 7.41. The Kier molecular flexibility index (Phi) is 13.7. The van der Waals surface area contributed by atoms with Crippen molar-refractivity contribution in [2.24, 2.45) is 0 Å². The molecule has 2 nitrogen and oxygen atoms in total. The van der Waals surface area contributed by atoms with E-state index >= 15 is 0 Å². The molecular weight excluding hydrogens is 511 g/mol. The van der Waals surface area contributed by atoms with Gasteiger partial charge in [-0.25, -0.2) is 22.5 Å². The molecule has 2 fully saturated rings. The Bertz CT molecular complexity index is 564. The number of nitrogens with zero attached hydrogens (tertiary/aromatic N) is 2. The molecule has 7 heteroatoms. The minimum atomic E-state index is -1.29. The van der Waals surface area contributed by atoms with E-state index in [2.05, 4.69) is 71.8 Å². The van der Waals surface area contributed by atoms with Crippen LogP contribution < -0.4 is 0 Å². The first-order chi connectivity index (χ1) is 12.4. The van der Waals surface area contributed by atoms with Crippen LogP contribution in [0.1, 0.15) is 38.5 Å². The summed E-state index contributed by atoms with van der Waals surface area (Å²) in [5.41, 5.74) is 0. The van der Waals surface area contributed by atoms with E-state index in [1.165, 1.54) is 62.3 Å². The van der Waals surface area contributed by atoms with Crippen molar-refractivity contribution in [2.75, 3.05) is 26.2 Å². The van der Waals surface area contributed by atoms with Crippen LogP contribution in [0, 0.1) is 12.2 Å². The van der Waals surface area contributed by atoms with Crippen molar-refractivity contribution in [3.05, 3.63) is 46.8 Å². The summed E-state index contributed by atoms with van der Waals surface area (Å²) in [7, 11) is -2.57. The van der Waals surface area contributed by atoms with E-state index < -0.39 is 16.5 Å². The molecule has 0 atom stereocenters. The molecule has 4 rings (SSSR count). The Hall–Kier alpha value is 0.777. The monoisotopic (exact) mass is 546 g/mol. The molecule has 0 radical (unpaired) electrons. The van der Waals surface area contributed by atoms with Gasteiger partial charge in [-0.3, -0.25) is 12.2 Å². The van der Waals surface area contributed by atoms with Crippen molar-refractivity contribution in [1.82, 2.24) is 9.13 Å². The Morgan fingerprint density at radius 1 is 0.655 bits per heavy atom. The van der Waals surface area contributed by atoms with Gasteiger partial charge in [-0.05, 0) is 51.9 Å². The minimum Gasteiger partial charge on any atom is -0.322 e. The van der Waals surface area contributed by atoms with Crippen LogP contribution in [0.4, 0.5) is 0 Å². The molecule has 2 aliphatic heterocycles. The van der Waals surface area contributed by atoms with Crippen LogP contribution in [-0.2, 0) is 26.2 Å². The maximum absolute atomic E-state index is 3.50. The third-order valence-electron chi connectivity index (χ3n) is 6.50. The van der Waals surface area contributed by atoms with E-state index in [-0.39, 0.29) is 51.0 Å². The fraction of sp³-hybridized carbons (Fsp3) is 0.636. The summed E-state index contributed by atoms with van der Waals surface area (Å²) in [6.45, 7) is 15.1. The van der Waals surface area contributed by atoms with Gasteiger partial charge >= 0.3 is 26.2 Å². The van der Waals surface area contributed by atoms with Crippen molar-refractivity contribution in [3.8, 4) is 0 Å². The number of allylic oxidation sites excluding steroid dienone is 8. The predicted octanol–water partition coefficient (Wildman–Crippen LogP) is 5.87. The average molecular weight is 549 g/mol. The van der Waals surface area contributed by atoms with E-state index in [9.17, 15) is 0 Å². The summed E-state index contributed by atoms with van der Waals surface area (Å²) in [6.07, 6.45) is 23.7. The zero-order chi connectivity index (χ0) is 18.6. The molecule has 0 N–H and O–H groups in total. The van der Waals surface area contributed by atoms with Crippen molar-refractivity contribution in [1.29, 1.82) is 0 Å². The molecule has 0 spiro atoms. The van der Waals surface area contributed by atoms with E-state index in [1.807, 2.05) is 0 Å². The van der Waals surface area contributed by atoms with Gasteiger partial charge < -0.3 is 9.13 Å². The topological polar surface area (TPSA) is 6.48 Å². The maximum Gasteiger partial charge on any atom is 2.00 e. The first-order valence-electron chi connectivity index (χ1n) is 10.5. The van der Waals surface area contributed by atoms with Gasteiger partial charge in [0, 0.05) is 0 Å². The maximum atomic E-state index is 3.50. The van der Waals surface area contributed by atoms with Gasteiger partial charge in [0.25, 0.3) is 0 Å². The number of hydrogen-bond donors (Lipinski definition) is 0. The molecule has 0 amide bonds. The van der Waals surface area contributed by atoms with Gasteiger partial charge in [-0.2, -0.15) is 12.2 Å². The van der Waals surface area contributed by atoms with Crippen LogP contribution in [0.5, 0.6) is 0 Å². The zero-order valence-electron chi connectivity index (χ0n) is 18.6. The molecule has 4 aliphatic rings. The predicted molar refractivity (Wildman–Crippen MR) is 132 cm³/mol. The van der Waals surface area contributed by atoms with Crippen LogP contribution in [0.25, 0.3) is 0 Å². The molecule has 0 aromatic carbocycles. The van der Waals surface area contributed by atoms with Crippen LogP contribution >= 0.6 is 24.8 Å². The second kappa shape index (κ2) is 13.4. The van der Waals surface area contributed by atoms with Gasteiger partial charge in [-0.1, -0.05) is 26.2 Å². The van der Waals surface area contributed by atoms with Crippen LogP contribution in [-0.4, -0.2) is 51.8 Å². The Morgan fingerprint density at radius 2 is 0.966 bits per heavy atom. The molecule has 2 saturated heterocycles. The molecule has 0 aromatic heterocycles. The molecule has 2 heterocycles. The Labute approximate surface area is 213 Å². The quantitative estimate of drug-likeness (QED) is 0.320. The normalized spacial score (nSPS) is 21.5. The third-order valence-corrected chi connectivity index (χ3v) is 13.9. The fourth-order valence-corrected chi connectivity index (χ4v) is 10.2. The second-order valence-corrected chi connectivity index (χ2v) is 17.5.